The van der Waals surface area contributed by atoms with Crippen molar-refractivity contribution in [2.75, 3.05) is 28.4 Å². The Morgan fingerprint density at radius 2 is 0.586 bits per heavy atom. The molecule has 11 rings (SSSR count). The standard InChI is InChI=1S/C66H66O4/c1-9-13-15-39(11-3)29-41-17-23-47-57-37-62-58(38-61(57)65(59(47)31-41)63-49-25-19-43(67-5)33-53(49)54-34-44(68-6)20-26-50(54)63)48-24-18-42(30-40(12-4)16-14-10-2)32-60(48)66(62)64-51-27-21-45(69-7)35-55(51)56-36-46(70-8)22-28-52(56)64/h17-28,31-40H,9-16,29-30H2,1-8H3. The molecule has 70 heavy (non-hydrogen) atoms. The number of rotatable bonds is 16. The van der Waals surface area contributed by atoms with Crippen LogP contribution in [-0.4, -0.2) is 28.4 Å². The maximum Gasteiger partial charge on any atom is 0.119 e. The Balaban J connectivity index is 1.20. The Bertz CT molecular complexity index is 2940. The normalized spacial score (nSPS) is 14.1. The van der Waals surface area contributed by atoms with Gasteiger partial charge in [0, 0.05) is 0 Å². The predicted octanol–water partition coefficient (Wildman–Crippen LogP) is 17.2. The first-order valence-corrected chi connectivity index (χ1v) is 26.0. The van der Waals surface area contributed by atoms with E-state index in [4.69, 9.17) is 18.9 Å². The third kappa shape index (κ3) is 7.57. The molecule has 2 unspecified atom stereocenters. The Morgan fingerprint density at radius 1 is 0.300 bits per heavy atom. The van der Waals surface area contributed by atoms with Gasteiger partial charge in [0.1, 0.15) is 23.0 Å². The van der Waals surface area contributed by atoms with E-state index in [-0.39, 0.29) is 0 Å². The third-order valence-corrected chi connectivity index (χ3v) is 16.2. The molecule has 0 amide bonds. The summed E-state index contributed by atoms with van der Waals surface area (Å²) in [5, 5.41) is 0. The van der Waals surface area contributed by atoms with Crippen molar-refractivity contribution in [2.24, 2.45) is 11.8 Å². The molecule has 4 aliphatic carbocycles. The second-order valence-corrected chi connectivity index (χ2v) is 20.1. The first-order valence-electron chi connectivity index (χ1n) is 26.0. The van der Waals surface area contributed by atoms with Crippen LogP contribution in [0, 0.1) is 11.8 Å². The summed E-state index contributed by atoms with van der Waals surface area (Å²) in [5.74, 6) is 4.71. The van der Waals surface area contributed by atoms with Crippen molar-refractivity contribution in [1.82, 2.24) is 0 Å². The van der Waals surface area contributed by atoms with Gasteiger partial charge in [-0.25, -0.2) is 0 Å². The summed E-state index contributed by atoms with van der Waals surface area (Å²) in [4.78, 5) is 0. The highest BCUT2D eigenvalue weighted by atomic mass is 16.5. The average molecular weight is 923 g/mol. The van der Waals surface area contributed by atoms with Crippen LogP contribution in [0.3, 0.4) is 0 Å². The molecule has 4 aliphatic rings. The van der Waals surface area contributed by atoms with Gasteiger partial charge < -0.3 is 18.9 Å². The highest BCUT2D eigenvalue weighted by Gasteiger charge is 2.38. The highest BCUT2D eigenvalue weighted by Crippen LogP contribution is 2.60. The van der Waals surface area contributed by atoms with Crippen molar-refractivity contribution in [3.63, 3.8) is 0 Å². The van der Waals surface area contributed by atoms with Gasteiger partial charge in [0.2, 0.25) is 0 Å². The molecular formula is C66H66O4. The Hall–Kier alpha value is -6.78. The van der Waals surface area contributed by atoms with Crippen LogP contribution in [-0.2, 0) is 12.8 Å². The molecule has 0 saturated carbocycles. The fraction of sp³-hybridized carbons (Fsp3) is 0.303. The van der Waals surface area contributed by atoms with Crippen LogP contribution in [0.2, 0.25) is 0 Å². The number of benzene rings is 7. The third-order valence-electron chi connectivity index (χ3n) is 16.2. The van der Waals surface area contributed by atoms with Crippen molar-refractivity contribution in [3.8, 4) is 67.5 Å². The van der Waals surface area contributed by atoms with E-state index in [1.165, 1.54) is 174 Å². The van der Waals surface area contributed by atoms with E-state index >= 15 is 0 Å². The molecule has 0 aliphatic heterocycles. The SMILES string of the molecule is CCCCC(CC)Cc1ccc2c(c1)C(=C1c3ccc(OC)cc3-c3cc(OC)ccc31)c1cc3c(cc1-2)C(=C1c2ccc(OC)cc2-c2cc(OC)ccc21)c1cc(CC(CC)CCCC)ccc1-3. The topological polar surface area (TPSA) is 36.9 Å². The van der Waals surface area contributed by atoms with E-state index in [0.717, 1.165) is 35.8 Å². The molecule has 0 aromatic heterocycles. The molecule has 0 heterocycles. The first-order chi connectivity index (χ1) is 34.3. The number of fused-ring (bicyclic) bond motifs is 12. The van der Waals surface area contributed by atoms with Crippen molar-refractivity contribution >= 4 is 22.3 Å². The zero-order chi connectivity index (χ0) is 48.2. The minimum atomic E-state index is 0.654. The van der Waals surface area contributed by atoms with Gasteiger partial charge in [-0.2, -0.15) is 0 Å². The molecule has 0 radical (unpaired) electrons. The lowest BCUT2D eigenvalue weighted by molar-refractivity contribution is 0.414. The highest BCUT2D eigenvalue weighted by molar-refractivity contribution is 6.23. The maximum absolute atomic E-state index is 5.87. The monoisotopic (exact) mass is 922 g/mol. The van der Waals surface area contributed by atoms with Crippen LogP contribution in [0.15, 0.2) is 121 Å². The molecule has 0 fully saturated rings. The lowest BCUT2D eigenvalue weighted by Gasteiger charge is -2.17. The summed E-state index contributed by atoms with van der Waals surface area (Å²) in [7, 11) is 7.03. The van der Waals surface area contributed by atoms with Gasteiger partial charge >= 0.3 is 0 Å². The molecule has 2 atom stereocenters. The van der Waals surface area contributed by atoms with Crippen LogP contribution >= 0.6 is 0 Å². The van der Waals surface area contributed by atoms with Crippen molar-refractivity contribution in [3.05, 3.63) is 177 Å². The molecule has 0 saturated heterocycles. The molecule has 354 valence electrons. The molecule has 4 heteroatoms. The lowest BCUT2D eigenvalue weighted by Crippen LogP contribution is -2.04. The Kier molecular flexibility index (Phi) is 12.3. The lowest BCUT2D eigenvalue weighted by atomic mass is 9.88. The Morgan fingerprint density at radius 3 is 0.886 bits per heavy atom. The fourth-order valence-corrected chi connectivity index (χ4v) is 12.4. The smallest absolute Gasteiger partial charge is 0.119 e. The van der Waals surface area contributed by atoms with Crippen LogP contribution < -0.4 is 18.9 Å². The second-order valence-electron chi connectivity index (χ2n) is 20.1. The summed E-state index contributed by atoms with van der Waals surface area (Å²) in [6.07, 6.45) is 12.1. The molecule has 0 spiro atoms. The van der Waals surface area contributed by atoms with Gasteiger partial charge in [-0.3, -0.25) is 0 Å². The number of hydrogen-bond acceptors (Lipinski definition) is 4. The minimum Gasteiger partial charge on any atom is -0.497 e. The van der Waals surface area contributed by atoms with Crippen LogP contribution in [0.5, 0.6) is 23.0 Å². The predicted molar refractivity (Wildman–Crippen MR) is 291 cm³/mol. The molecule has 0 N–H and O–H groups in total. The molecule has 0 bridgehead atoms. The van der Waals surface area contributed by atoms with Gasteiger partial charge in [0.25, 0.3) is 0 Å². The van der Waals surface area contributed by atoms with Crippen LogP contribution in [0.4, 0.5) is 0 Å². The zero-order valence-corrected chi connectivity index (χ0v) is 42.4. The number of hydrogen-bond donors (Lipinski definition) is 0. The summed E-state index contributed by atoms with van der Waals surface area (Å²) in [6.45, 7) is 9.35. The van der Waals surface area contributed by atoms with Crippen LogP contribution in [0.1, 0.15) is 135 Å². The molecule has 4 nitrogen and oxygen atoms in total. The maximum atomic E-state index is 5.87. The van der Waals surface area contributed by atoms with Gasteiger partial charge in [0.15, 0.2) is 0 Å². The van der Waals surface area contributed by atoms with Crippen molar-refractivity contribution < 1.29 is 18.9 Å². The van der Waals surface area contributed by atoms with E-state index in [1.807, 2.05) is 0 Å². The first kappa shape index (κ1) is 45.7. The number of ether oxygens (including phenoxy) is 4. The summed E-state index contributed by atoms with van der Waals surface area (Å²) < 4.78 is 23.5. The van der Waals surface area contributed by atoms with E-state index in [9.17, 15) is 0 Å². The second kappa shape index (κ2) is 18.9. The minimum absolute atomic E-state index is 0.654. The van der Waals surface area contributed by atoms with Gasteiger partial charge in [-0.1, -0.05) is 140 Å². The zero-order valence-electron chi connectivity index (χ0n) is 42.4. The van der Waals surface area contributed by atoms with Crippen molar-refractivity contribution in [1.29, 1.82) is 0 Å². The molecule has 7 aromatic carbocycles. The summed E-state index contributed by atoms with van der Waals surface area (Å²) >= 11 is 0. The van der Waals surface area contributed by atoms with Gasteiger partial charge in [0.05, 0.1) is 28.4 Å². The molecular weight excluding hydrogens is 857 g/mol. The van der Waals surface area contributed by atoms with Gasteiger partial charge in [-0.15, -0.1) is 0 Å². The van der Waals surface area contributed by atoms with E-state index in [2.05, 4.69) is 149 Å². The Labute approximate surface area is 416 Å². The quantitative estimate of drug-likeness (QED) is 0.0968. The van der Waals surface area contributed by atoms with Crippen LogP contribution in [0.25, 0.3) is 66.8 Å². The summed E-state index contributed by atoms with van der Waals surface area (Å²) in [6, 6.07) is 46.4. The van der Waals surface area contributed by atoms with E-state index in [0.29, 0.717) is 11.8 Å². The van der Waals surface area contributed by atoms with E-state index < -0.39 is 0 Å². The van der Waals surface area contributed by atoms with E-state index in [1.54, 1.807) is 28.4 Å². The van der Waals surface area contributed by atoms with Crippen molar-refractivity contribution in [2.45, 2.75) is 91.9 Å². The van der Waals surface area contributed by atoms with Gasteiger partial charge in [-0.05, 0) is 208 Å². The largest absolute Gasteiger partial charge is 0.497 e. The summed E-state index contributed by atoms with van der Waals surface area (Å²) in [5.41, 5.74) is 28.0. The number of unbranched alkanes of at least 4 members (excludes halogenated alkanes) is 2. The average Bonchev–Trinajstić information content (AvgIpc) is 4.10. The fourth-order valence-electron chi connectivity index (χ4n) is 12.4. The molecule has 7 aromatic rings. The number of methoxy groups -OCH3 is 4.